The van der Waals surface area contributed by atoms with Gasteiger partial charge in [-0.2, -0.15) is 5.10 Å². The number of aryl methyl sites for hydroxylation is 1. The Balaban J connectivity index is 1.36. The first-order valence-corrected chi connectivity index (χ1v) is 12.0. The van der Waals surface area contributed by atoms with Crippen LogP contribution < -0.4 is 10.1 Å². The lowest BCUT2D eigenvalue weighted by molar-refractivity contribution is 0.214. The first kappa shape index (κ1) is 24.0. The zero-order valence-corrected chi connectivity index (χ0v) is 20.4. The van der Waals surface area contributed by atoms with Gasteiger partial charge >= 0.3 is 0 Å². The van der Waals surface area contributed by atoms with Gasteiger partial charge in [0, 0.05) is 67.1 Å². The Labute approximate surface area is 207 Å². The van der Waals surface area contributed by atoms with Crippen LogP contribution in [0.2, 0.25) is 0 Å². The number of hydrogen-bond acceptors (Lipinski definition) is 6. The van der Waals surface area contributed by atoms with Gasteiger partial charge in [-0.15, -0.1) is 0 Å². The highest BCUT2D eigenvalue weighted by molar-refractivity contribution is 5.94. The first-order valence-electron chi connectivity index (χ1n) is 12.0. The third kappa shape index (κ3) is 5.25. The molecule has 2 aliphatic rings. The Hall–Kier alpha value is -3.73. The minimum Gasteiger partial charge on any atom is -0.468 e. The van der Waals surface area contributed by atoms with Gasteiger partial charge in [0.15, 0.2) is 29.9 Å². The topological polar surface area (TPSA) is 96.9 Å². The highest BCUT2D eigenvalue weighted by Gasteiger charge is 2.25. The third-order valence-electron chi connectivity index (χ3n) is 6.48. The second kappa shape index (κ2) is 10.1. The molecule has 0 amide bonds. The molecule has 0 bridgehead atoms. The van der Waals surface area contributed by atoms with Crippen molar-refractivity contribution >= 4 is 29.3 Å². The second-order valence-electron chi connectivity index (χ2n) is 9.29. The van der Waals surface area contributed by atoms with Gasteiger partial charge in [0.05, 0.1) is 5.52 Å². The molecular formula is C25H30F2N8O. The van der Waals surface area contributed by atoms with E-state index < -0.39 is 11.6 Å². The first-order chi connectivity index (χ1) is 17.4. The molecule has 1 aliphatic carbocycles. The number of aromatic nitrogens is 3. The smallest absolute Gasteiger partial charge is 0.181 e. The molecule has 1 aliphatic heterocycles. The van der Waals surface area contributed by atoms with Crippen LogP contribution in [0.3, 0.4) is 0 Å². The summed E-state index contributed by atoms with van der Waals surface area (Å²) in [4.78, 5) is 15.8. The number of anilines is 1. The normalized spacial score (nSPS) is 17.6. The van der Waals surface area contributed by atoms with E-state index in [1.54, 1.807) is 19.1 Å². The fourth-order valence-electron chi connectivity index (χ4n) is 4.26. The van der Waals surface area contributed by atoms with E-state index in [0.29, 0.717) is 29.1 Å². The van der Waals surface area contributed by atoms with Crippen LogP contribution in [0.15, 0.2) is 40.1 Å². The molecule has 190 valence electrons. The van der Waals surface area contributed by atoms with E-state index in [0.717, 1.165) is 37.9 Å². The average Bonchev–Trinajstić information content (AvgIpc) is 3.48. The quantitative estimate of drug-likeness (QED) is 0.324. The number of H-pyrrole nitrogens is 2. The highest BCUT2D eigenvalue weighted by atomic mass is 19.1. The van der Waals surface area contributed by atoms with Gasteiger partial charge in [-0.1, -0.05) is 0 Å². The Morgan fingerprint density at radius 2 is 2.03 bits per heavy atom. The number of benzene rings is 1. The molecule has 0 unspecified atom stereocenters. The van der Waals surface area contributed by atoms with Gasteiger partial charge in [0.1, 0.15) is 11.7 Å². The standard InChI is InChI=1S/C25H30F2N8O/c1-15-10-17-24(27)20(11-18(26)25(17)30-15)36-14-29-23(35-8-6-34(3)7-9-35)13-21(28-2)31-22-12-19(32-33-22)16-4-5-16/h10-13,16,30H,2,4-9,14H2,1,3H3,(H2,31,32,33)/b21-13+,29-23+. The van der Waals surface area contributed by atoms with E-state index in [1.165, 1.54) is 12.8 Å². The Kier molecular flexibility index (Phi) is 6.73. The van der Waals surface area contributed by atoms with E-state index >= 15 is 0 Å². The molecule has 3 aromatic rings. The number of amidine groups is 1. The van der Waals surface area contributed by atoms with E-state index in [-0.39, 0.29) is 23.4 Å². The Bertz CT molecular complexity index is 1320. The molecule has 0 radical (unpaired) electrons. The lowest BCUT2D eigenvalue weighted by Crippen LogP contribution is -2.47. The van der Waals surface area contributed by atoms with E-state index in [1.807, 2.05) is 6.07 Å². The SMILES string of the molecule is C=N/C(=C\C(=N/COc1cc(F)c2[nH]c(C)cc2c1F)N1CCN(C)CC1)Nc1cc(C2CC2)[nH]n1. The predicted molar refractivity (Wildman–Crippen MR) is 137 cm³/mol. The average molecular weight is 497 g/mol. The second-order valence-corrected chi connectivity index (χ2v) is 9.29. The summed E-state index contributed by atoms with van der Waals surface area (Å²) in [6, 6.07) is 4.57. The molecular weight excluding hydrogens is 466 g/mol. The van der Waals surface area contributed by atoms with Gasteiger partial charge in [-0.05, 0) is 39.6 Å². The van der Waals surface area contributed by atoms with Crippen LogP contribution in [0, 0.1) is 18.6 Å². The summed E-state index contributed by atoms with van der Waals surface area (Å²) in [5.74, 6) is 0.896. The van der Waals surface area contributed by atoms with Gasteiger partial charge in [0.25, 0.3) is 0 Å². The number of halogens is 2. The number of ether oxygens (including phenoxy) is 1. The number of rotatable bonds is 8. The van der Waals surface area contributed by atoms with Gasteiger partial charge < -0.3 is 24.8 Å². The number of nitrogens with one attached hydrogen (secondary N) is 3. The minimum atomic E-state index is -0.622. The van der Waals surface area contributed by atoms with Gasteiger partial charge in [-0.25, -0.2) is 18.8 Å². The zero-order chi connectivity index (χ0) is 25.2. The van der Waals surface area contributed by atoms with Crippen LogP contribution in [-0.2, 0) is 0 Å². The summed E-state index contributed by atoms with van der Waals surface area (Å²) in [6.07, 6.45) is 4.11. The molecule has 9 nitrogen and oxygen atoms in total. The fraction of sp³-hybridized carbons (Fsp3) is 0.400. The van der Waals surface area contributed by atoms with Crippen LogP contribution in [-0.4, -0.2) is 77.5 Å². The summed E-state index contributed by atoms with van der Waals surface area (Å²) in [5.41, 5.74) is 1.89. The molecule has 1 saturated carbocycles. The molecule has 0 atom stereocenters. The zero-order valence-electron chi connectivity index (χ0n) is 20.4. The maximum Gasteiger partial charge on any atom is 0.181 e. The third-order valence-corrected chi connectivity index (χ3v) is 6.48. The summed E-state index contributed by atoms with van der Waals surface area (Å²) in [6.45, 7) is 8.46. The van der Waals surface area contributed by atoms with Crippen LogP contribution in [0.5, 0.6) is 5.75 Å². The fourth-order valence-corrected chi connectivity index (χ4v) is 4.26. The van der Waals surface area contributed by atoms with Crippen LogP contribution in [0.25, 0.3) is 10.9 Å². The summed E-state index contributed by atoms with van der Waals surface area (Å²) >= 11 is 0. The molecule has 36 heavy (non-hydrogen) atoms. The van der Waals surface area contributed by atoms with Crippen molar-refractivity contribution in [3.05, 3.63) is 53.1 Å². The van der Waals surface area contributed by atoms with E-state index in [9.17, 15) is 8.78 Å². The molecule has 1 saturated heterocycles. The maximum atomic E-state index is 14.9. The van der Waals surface area contributed by atoms with Crippen LogP contribution in [0.4, 0.5) is 14.6 Å². The van der Waals surface area contributed by atoms with Crippen molar-refractivity contribution in [3.63, 3.8) is 0 Å². The van der Waals surface area contributed by atoms with Crippen molar-refractivity contribution in [2.45, 2.75) is 25.7 Å². The monoisotopic (exact) mass is 496 g/mol. The summed E-state index contributed by atoms with van der Waals surface area (Å²) < 4.78 is 35.0. The lowest BCUT2D eigenvalue weighted by atomic mass is 10.2. The van der Waals surface area contributed by atoms with Crippen LogP contribution in [0.1, 0.15) is 30.1 Å². The molecule has 11 heteroatoms. The minimum absolute atomic E-state index is 0.123. The van der Waals surface area contributed by atoms with Crippen molar-refractivity contribution < 1.29 is 13.5 Å². The molecule has 5 rings (SSSR count). The van der Waals surface area contributed by atoms with Crippen molar-refractivity contribution in [1.82, 2.24) is 25.0 Å². The van der Waals surface area contributed by atoms with E-state index in [2.05, 4.69) is 54.0 Å². The largest absolute Gasteiger partial charge is 0.468 e. The lowest BCUT2D eigenvalue weighted by Gasteiger charge is -2.33. The molecule has 2 aromatic heterocycles. The molecule has 1 aromatic carbocycles. The number of piperazine rings is 1. The number of nitrogens with zero attached hydrogens (tertiary/aromatic N) is 5. The predicted octanol–water partition coefficient (Wildman–Crippen LogP) is 3.99. The molecule has 0 spiro atoms. The van der Waals surface area contributed by atoms with Crippen molar-refractivity contribution in [2.24, 2.45) is 9.98 Å². The van der Waals surface area contributed by atoms with E-state index in [4.69, 9.17) is 4.74 Å². The van der Waals surface area contributed by atoms with Gasteiger partial charge in [-0.3, -0.25) is 5.10 Å². The Morgan fingerprint density at radius 1 is 1.25 bits per heavy atom. The molecule has 3 N–H and O–H groups in total. The Morgan fingerprint density at radius 3 is 2.75 bits per heavy atom. The highest BCUT2D eigenvalue weighted by Crippen LogP contribution is 2.39. The summed E-state index contributed by atoms with van der Waals surface area (Å²) in [7, 11) is 2.07. The van der Waals surface area contributed by atoms with Gasteiger partial charge in [0.2, 0.25) is 0 Å². The van der Waals surface area contributed by atoms with Crippen molar-refractivity contribution in [2.75, 3.05) is 45.3 Å². The van der Waals surface area contributed by atoms with Crippen molar-refractivity contribution in [1.29, 1.82) is 0 Å². The number of fused-ring (bicyclic) bond motifs is 1. The summed E-state index contributed by atoms with van der Waals surface area (Å²) in [5, 5.41) is 10.7. The molecule has 3 heterocycles. The number of likely N-dealkylation sites (N-methyl/N-ethyl adjacent to an activating group) is 1. The maximum absolute atomic E-state index is 14.9. The number of hydrogen-bond donors (Lipinski definition) is 3. The van der Waals surface area contributed by atoms with Crippen LogP contribution >= 0.6 is 0 Å². The molecule has 2 fully saturated rings. The van der Waals surface area contributed by atoms with Crippen molar-refractivity contribution in [3.8, 4) is 5.75 Å². The number of aromatic amines is 2. The number of aliphatic imine (C=N–C) groups is 2.